The number of carbonyl (C=O) groups is 1. The molecule has 182 valence electrons. The highest BCUT2D eigenvalue weighted by Crippen LogP contribution is 2.30. The van der Waals surface area contributed by atoms with Crippen molar-refractivity contribution in [2.45, 2.75) is 19.6 Å². The van der Waals surface area contributed by atoms with Gasteiger partial charge in [-0.3, -0.25) is 14.1 Å². The minimum Gasteiger partial charge on any atom is -0.433 e. The van der Waals surface area contributed by atoms with Crippen molar-refractivity contribution in [2.24, 2.45) is 0 Å². The van der Waals surface area contributed by atoms with Gasteiger partial charge in [0.2, 0.25) is 0 Å². The van der Waals surface area contributed by atoms with E-state index in [1.54, 1.807) is 23.5 Å². The number of carbonyl (C=O) groups excluding carboxylic acids is 1. The van der Waals surface area contributed by atoms with E-state index >= 15 is 0 Å². The number of hydrogen-bond acceptors (Lipinski definition) is 6. The molecule has 2 aromatic carbocycles. The number of anilines is 1. The number of amides is 1. The Morgan fingerprint density at radius 2 is 2.00 bits per heavy atom. The monoisotopic (exact) mass is 497 g/mol. The Bertz CT molecular complexity index is 1340. The summed E-state index contributed by atoms with van der Waals surface area (Å²) in [4.78, 5) is 21.0. The van der Waals surface area contributed by atoms with Gasteiger partial charge in [-0.1, -0.05) is 24.3 Å². The fourth-order valence-corrected chi connectivity index (χ4v) is 4.95. The molecule has 0 spiro atoms. The molecule has 0 aliphatic carbocycles. The fourth-order valence-electron chi connectivity index (χ4n) is 4.09. The number of ether oxygens (including phenoxy) is 1. The van der Waals surface area contributed by atoms with Gasteiger partial charge in [-0.05, 0) is 24.3 Å². The van der Waals surface area contributed by atoms with Crippen LogP contribution < -0.4 is 15.4 Å². The predicted octanol–water partition coefficient (Wildman–Crippen LogP) is 4.71. The zero-order chi connectivity index (χ0) is 24.4. The quantitative estimate of drug-likeness (QED) is 0.387. The third-order valence-electron chi connectivity index (χ3n) is 5.72. The number of rotatable bonds is 7. The van der Waals surface area contributed by atoms with Gasteiger partial charge in [-0.25, -0.2) is 4.98 Å². The molecule has 0 atom stereocenters. The van der Waals surface area contributed by atoms with E-state index in [1.807, 2.05) is 24.4 Å². The van der Waals surface area contributed by atoms with Crippen molar-refractivity contribution in [3.8, 4) is 17.0 Å². The number of fused-ring (bicyclic) bond motifs is 1. The Balaban J connectivity index is 1.38. The van der Waals surface area contributed by atoms with Crippen LogP contribution in [0.25, 0.3) is 16.2 Å². The zero-order valence-electron chi connectivity index (χ0n) is 19.1. The molecule has 1 saturated heterocycles. The molecule has 0 radical (unpaired) electrons. The molecule has 1 aliphatic rings. The highest BCUT2D eigenvalue weighted by molar-refractivity contribution is 7.15. The molecule has 10 heteroatoms. The largest absolute Gasteiger partial charge is 0.433 e. The molecule has 1 amide bonds. The van der Waals surface area contributed by atoms with Crippen molar-refractivity contribution >= 4 is 27.9 Å². The van der Waals surface area contributed by atoms with Crippen LogP contribution in [0, 0.1) is 0 Å². The van der Waals surface area contributed by atoms with E-state index in [2.05, 4.69) is 30.1 Å². The number of piperazine rings is 1. The standard InChI is InChI=1S/C25H25F2N5O2S/c1-25(26,27)34-19-6-4-5-17(13-19)23(33)29-21-8-3-2-7-20(21)22-15-32-18(16-35-24(32)30-22)14-31-11-9-28-10-12-31/h2-8,13,15-16,28H,9-12,14H2,1H3,(H,29,33). The number of imidazole rings is 1. The summed E-state index contributed by atoms with van der Waals surface area (Å²) in [6.07, 6.45) is -1.34. The van der Waals surface area contributed by atoms with Gasteiger partial charge >= 0.3 is 6.11 Å². The van der Waals surface area contributed by atoms with Gasteiger partial charge in [-0.2, -0.15) is 8.78 Å². The summed E-state index contributed by atoms with van der Waals surface area (Å²) >= 11 is 1.59. The lowest BCUT2D eigenvalue weighted by Crippen LogP contribution is -2.43. The smallest absolute Gasteiger partial charge is 0.394 e. The number of nitrogens with one attached hydrogen (secondary N) is 2. The van der Waals surface area contributed by atoms with Gasteiger partial charge in [0, 0.05) is 68.0 Å². The van der Waals surface area contributed by atoms with E-state index in [1.165, 1.54) is 23.9 Å². The van der Waals surface area contributed by atoms with Crippen molar-refractivity contribution in [1.82, 2.24) is 19.6 Å². The average molecular weight is 498 g/mol. The minimum absolute atomic E-state index is 0.0789. The summed E-state index contributed by atoms with van der Waals surface area (Å²) < 4.78 is 33.1. The molecule has 4 aromatic rings. The first kappa shape index (κ1) is 23.4. The lowest BCUT2D eigenvalue weighted by atomic mass is 10.1. The number of aromatic nitrogens is 2. The molecule has 1 aliphatic heterocycles. The Morgan fingerprint density at radius 3 is 2.80 bits per heavy atom. The van der Waals surface area contributed by atoms with Crippen LogP contribution in [0.1, 0.15) is 23.0 Å². The molecule has 2 aromatic heterocycles. The zero-order valence-corrected chi connectivity index (χ0v) is 19.9. The van der Waals surface area contributed by atoms with Gasteiger partial charge < -0.3 is 15.4 Å². The third-order valence-corrected chi connectivity index (χ3v) is 6.61. The number of benzene rings is 2. The first-order valence-electron chi connectivity index (χ1n) is 11.3. The molecular weight excluding hydrogens is 472 g/mol. The minimum atomic E-state index is -3.33. The Labute approximate surface area is 205 Å². The molecule has 0 saturated carbocycles. The van der Waals surface area contributed by atoms with Crippen molar-refractivity contribution in [3.63, 3.8) is 0 Å². The Kier molecular flexibility index (Phi) is 6.50. The van der Waals surface area contributed by atoms with E-state index in [0.717, 1.165) is 48.9 Å². The van der Waals surface area contributed by atoms with Gasteiger partial charge in [0.1, 0.15) is 5.75 Å². The fraction of sp³-hybridized carbons (Fsp3) is 0.280. The molecule has 5 rings (SSSR count). The highest BCUT2D eigenvalue weighted by atomic mass is 32.1. The number of hydrogen-bond donors (Lipinski definition) is 2. The van der Waals surface area contributed by atoms with Gasteiger partial charge in [0.25, 0.3) is 5.91 Å². The lowest BCUT2D eigenvalue weighted by Gasteiger charge is -2.26. The molecule has 7 nitrogen and oxygen atoms in total. The van der Waals surface area contributed by atoms with Gasteiger partial charge in [-0.15, -0.1) is 11.3 Å². The van der Waals surface area contributed by atoms with Gasteiger partial charge in [0.15, 0.2) is 4.96 Å². The second kappa shape index (κ2) is 9.73. The van der Waals surface area contributed by atoms with E-state index in [4.69, 9.17) is 4.98 Å². The number of halogens is 2. The van der Waals surface area contributed by atoms with Crippen LogP contribution in [-0.4, -0.2) is 52.5 Å². The number of alkyl halides is 2. The predicted molar refractivity (Wildman–Crippen MR) is 132 cm³/mol. The lowest BCUT2D eigenvalue weighted by molar-refractivity contribution is -0.158. The summed E-state index contributed by atoms with van der Waals surface area (Å²) in [6, 6.07) is 13.1. The second-order valence-electron chi connectivity index (χ2n) is 8.47. The molecule has 0 bridgehead atoms. The Morgan fingerprint density at radius 1 is 1.20 bits per heavy atom. The first-order valence-corrected chi connectivity index (χ1v) is 12.2. The summed E-state index contributed by atoms with van der Waals surface area (Å²) in [5, 5.41) is 8.40. The van der Waals surface area contributed by atoms with Crippen LogP contribution >= 0.6 is 11.3 Å². The SMILES string of the molecule is CC(F)(F)Oc1cccc(C(=O)Nc2ccccc2-c2cn3c(CN4CCNCC4)csc3n2)c1. The third kappa shape index (κ3) is 5.50. The number of thiazole rings is 1. The highest BCUT2D eigenvalue weighted by Gasteiger charge is 2.24. The van der Waals surface area contributed by atoms with Crippen molar-refractivity contribution in [3.05, 3.63) is 71.4 Å². The second-order valence-corrected chi connectivity index (χ2v) is 9.31. The van der Waals surface area contributed by atoms with E-state index in [-0.39, 0.29) is 11.3 Å². The van der Waals surface area contributed by atoms with E-state index in [9.17, 15) is 13.6 Å². The topological polar surface area (TPSA) is 70.9 Å². The van der Waals surface area contributed by atoms with Crippen LogP contribution in [0.4, 0.5) is 14.5 Å². The van der Waals surface area contributed by atoms with Crippen molar-refractivity contribution in [2.75, 3.05) is 31.5 Å². The normalized spacial score (nSPS) is 14.8. The van der Waals surface area contributed by atoms with E-state index in [0.29, 0.717) is 12.6 Å². The van der Waals surface area contributed by atoms with Crippen LogP contribution in [-0.2, 0) is 6.54 Å². The molecular formula is C25H25F2N5O2S. The molecule has 35 heavy (non-hydrogen) atoms. The van der Waals surface area contributed by atoms with Crippen molar-refractivity contribution < 1.29 is 18.3 Å². The summed E-state index contributed by atoms with van der Waals surface area (Å²) in [5.41, 5.74) is 3.50. The molecule has 3 heterocycles. The molecule has 2 N–H and O–H groups in total. The average Bonchev–Trinajstić information content (AvgIpc) is 3.41. The van der Waals surface area contributed by atoms with Crippen molar-refractivity contribution in [1.29, 1.82) is 0 Å². The number of para-hydroxylation sites is 1. The number of nitrogens with zero attached hydrogens (tertiary/aromatic N) is 3. The van der Waals surface area contributed by atoms with E-state index < -0.39 is 12.0 Å². The Hall–Kier alpha value is -3.34. The van der Waals surface area contributed by atoms with Crippen LogP contribution in [0.15, 0.2) is 60.1 Å². The van der Waals surface area contributed by atoms with Crippen LogP contribution in [0.3, 0.4) is 0 Å². The van der Waals surface area contributed by atoms with Crippen LogP contribution in [0.5, 0.6) is 5.75 Å². The first-order chi connectivity index (χ1) is 16.9. The summed E-state index contributed by atoms with van der Waals surface area (Å²) in [5.74, 6) is -0.507. The van der Waals surface area contributed by atoms with Gasteiger partial charge in [0.05, 0.1) is 11.4 Å². The molecule has 1 fully saturated rings. The maximum atomic E-state index is 13.2. The van der Waals surface area contributed by atoms with Crippen LogP contribution in [0.2, 0.25) is 0 Å². The summed E-state index contributed by atoms with van der Waals surface area (Å²) in [6.45, 7) is 5.51. The summed E-state index contributed by atoms with van der Waals surface area (Å²) in [7, 11) is 0. The maximum Gasteiger partial charge on any atom is 0.394 e. The maximum absolute atomic E-state index is 13.2. The molecule has 0 unspecified atom stereocenters.